The second kappa shape index (κ2) is 8.57. The summed E-state index contributed by atoms with van der Waals surface area (Å²) >= 11 is 0. The van der Waals surface area contributed by atoms with Crippen molar-refractivity contribution in [3.05, 3.63) is 122 Å². The Labute approximate surface area is 223 Å². The number of aromatic nitrogens is 4. The van der Waals surface area contributed by atoms with Crippen LogP contribution in [0.2, 0.25) is 0 Å². The van der Waals surface area contributed by atoms with E-state index in [1.807, 2.05) is 66.9 Å². The zero-order valence-corrected chi connectivity index (χ0v) is 20.7. The van der Waals surface area contributed by atoms with Crippen molar-refractivity contribution in [2.45, 2.75) is 0 Å². The second-order valence-electron chi connectivity index (χ2n) is 9.55. The molecule has 0 bridgehead atoms. The minimum atomic E-state index is 0.603. The van der Waals surface area contributed by atoms with Crippen molar-refractivity contribution in [2.75, 3.05) is 0 Å². The molecule has 0 aliphatic rings. The molecule has 182 valence electrons. The summed E-state index contributed by atoms with van der Waals surface area (Å²) in [5, 5.41) is 6.37. The highest BCUT2D eigenvalue weighted by atomic mass is 16.3. The van der Waals surface area contributed by atoms with Gasteiger partial charge in [-0.15, -0.1) is 0 Å². The van der Waals surface area contributed by atoms with E-state index in [2.05, 4.69) is 53.5 Å². The molecule has 0 amide bonds. The number of fused-ring (bicyclic) bond motifs is 6. The van der Waals surface area contributed by atoms with Crippen LogP contribution >= 0.6 is 0 Å². The molecule has 0 atom stereocenters. The molecular weight excluding hydrogens is 480 g/mol. The lowest BCUT2D eigenvalue weighted by atomic mass is 10.0. The van der Waals surface area contributed by atoms with Gasteiger partial charge in [0.2, 0.25) is 0 Å². The maximum atomic E-state index is 6.39. The lowest BCUT2D eigenvalue weighted by Gasteiger charge is -2.10. The third kappa shape index (κ3) is 3.55. The van der Waals surface area contributed by atoms with Gasteiger partial charge in [-0.25, -0.2) is 15.0 Å². The molecule has 8 rings (SSSR count). The first-order chi connectivity index (χ1) is 19.3. The van der Waals surface area contributed by atoms with Gasteiger partial charge in [0, 0.05) is 45.2 Å². The van der Waals surface area contributed by atoms with E-state index in [0.717, 1.165) is 54.8 Å². The fourth-order valence-corrected chi connectivity index (χ4v) is 5.30. The number of rotatable bonds is 3. The van der Waals surface area contributed by atoms with Crippen LogP contribution in [0, 0.1) is 0 Å². The normalized spacial score (nSPS) is 11.6. The Balaban J connectivity index is 1.41. The van der Waals surface area contributed by atoms with Gasteiger partial charge < -0.3 is 4.42 Å². The summed E-state index contributed by atoms with van der Waals surface area (Å²) in [6, 6.07) is 36.9. The smallest absolute Gasteiger partial charge is 0.164 e. The van der Waals surface area contributed by atoms with E-state index < -0.39 is 0 Å². The van der Waals surface area contributed by atoms with Gasteiger partial charge in [-0.2, -0.15) is 0 Å². The van der Waals surface area contributed by atoms with Crippen molar-refractivity contribution in [1.29, 1.82) is 0 Å². The molecule has 0 saturated carbocycles. The number of nitrogens with zero attached hydrogens (tertiary/aromatic N) is 4. The summed E-state index contributed by atoms with van der Waals surface area (Å²) in [6.07, 6.45) is 3.65. The summed E-state index contributed by atoms with van der Waals surface area (Å²) in [6.45, 7) is 0. The molecule has 0 aliphatic carbocycles. The van der Waals surface area contributed by atoms with Gasteiger partial charge in [0.15, 0.2) is 17.5 Å². The summed E-state index contributed by atoms with van der Waals surface area (Å²) in [4.78, 5) is 19.3. The largest absolute Gasteiger partial charge is 0.455 e. The number of pyridine rings is 1. The van der Waals surface area contributed by atoms with E-state index in [4.69, 9.17) is 19.4 Å². The molecule has 3 heterocycles. The van der Waals surface area contributed by atoms with Crippen LogP contribution in [0.5, 0.6) is 0 Å². The SMILES string of the molecule is c1ccc(-c2nc(-c3ccc4ccccc4c3)nc(-c3cccc4oc5c6cnccc6ccc5c34)n2)cc1. The van der Waals surface area contributed by atoms with E-state index >= 15 is 0 Å². The fraction of sp³-hybridized carbons (Fsp3) is 0. The number of furan rings is 1. The summed E-state index contributed by atoms with van der Waals surface area (Å²) in [5.74, 6) is 1.86. The Morgan fingerprint density at radius 1 is 0.513 bits per heavy atom. The lowest BCUT2D eigenvalue weighted by Crippen LogP contribution is -2.00. The Hall–Kier alpha value is -5.42. The highest BCUT2D eigenvalue weighted by molar-refractivity contribution is 6.18. The molecule has 0 N–H and O–H groups in total. The van der Waals surface area contributed by atoms with Crippen LogP contribution in [0.1, 0.15) is 0 Å². The van der Waals surface area contributed by atoms with Gasteiger partial charge in [-0.3, -0.25) is 4.98 Å². The highest BCUT2D eigenvalue weighted by Gasteiger charge is 2.18. The van der Waals surface area contributed by atoms with Crippen molar-refractivity contribution >= 4 is 43.5 Å². The van der Waals surface area contributed by atoms with Crippen LogP contribution in [-0.2, 0) is 0 Å². The molecule has 5 heteroatoms. The van der Waals surface area contributed by atoms with Crippen LogP contribution < -0.4 is 0 Å². The van der Waals surface area contributed by atoms with Gasteiger partial charge in [0.05, 0.1) is 0 Å². The number of benzene rings is 5. The zero-order valence-electron chi connectivity index (χ0n) is 20.7. The molecule has 0 aliphatic heterocycles. The molecule has 5 aromatic carbocycles. The first-order valence-corrected chi connectivity index (χ1v) is 12.8. The molecule has 39 heavy (non-hydrogen) atoms. The van der Waals surface area contributed by atoms with Gasteiger partial charge in [-0.05, 0) is 40.4 Å². The van der Waals surface area contributed by atoms with Crippen molar-refractivity contribution in [1.82, 2.24) is 19.9 Å². The Morgan fingerprint density at radius 3 is 2.18 bits per heavy atom. The monoisotopic (exact) mass is 500 g/mol. The van der Waals surface area contributed by atoms with E-state index in [1.165, 1.54) is 5.39 Å². The second-order valence-corrected chi connectivity index (χ2v) is 9.55. The Bertz CT molecular complexity index is 2180. The van der Waals surface area contributed by atoms with E-state index in [0.29, 0.717) is 17.5 Å². The Morgan fingerprint density at radius 2 is 1.28 bits per heavy atom. The van der Waals surface area contributed by atoms with Crippen LogP contribution in [0.3, 0.4) is 0 Å². The lowest BCUT2D eigenvalue weighted by molar-refractivity contribution is 0.672. The highest BCUT2D eigenvalue weighted by Crippen LogP contribution is 2.39. The van der Waals surface area contributed by atoms with Gasteiger partial charge >= 0.3 is 0 Å². The molecule has 0 unspecified atom stereocenters. The van der Waals surface area contributed by atoms with Crippen molar-refractivity contribution in [2.24, 2.45) is 0 Å². The maximum Gasteiger partial charge on any atom is 0.164 e. The standard InChI is InChI=1S/C34H20N4O/c1-2-8-23(9-3-1)32-36-33(25-14-13-21-7-4-5-10-24(21)19-25)38-34(37-32)27-11-6-12-29-30(27)26-16-15-22-17-18-35-20-28(22)31(26)39-29/h1-20H. The van der Waals surface area contributed by atoms with Gasteiger partial charge in [0.1, 0.15) is 11.2 Å². The van der Waals surface area contributed by atoms with Crippen LogP contribution in [0.15, 0.2) is 126 Å². The quantitative estimate of drug-likeness (QED) is 0.243. The van der Waals surface area contributed by atoms with Gasteiger partial charge in [0.25, 0.3) is 0 Å². The first kappa shape index (κ1) is 21.6. The molecular formula is C34H20N4O. The fourth-order valence-electron chi connectivity index (χ4n) is 5.30. The Kier molecular flexibility index (Phi) is 4.76. The summed E-state index contributed by atoms with van der Waals surface area (Å²) in [5.41, 5.74) is 4.37. The predicted molar refractivity (Wildman–Crippen MR) is 156 cm³/mol. The average Bonchev–Trinajstić information content (AvgIpc) is 3.40. The summed E-state index contributed by atoms with van der Waals surface area (Å²) < 4.78 is 6.39. The van der Waals surface area contributed by atoms with Crippen molar-refractivity contribution < 1.29 is 4.42 Å². The van der Waals surface area contributed by atoms with E-state index in [-0.39, 0.29) is 0 Å². The molecule has 0 fully saturated rings. The van der Waals surface area contributed by atoms with Crippen LogP contribution in [-0.4, -0.2) is 19.9 Å². The minimum Gasteiger partial charge on any atom is -0.455 e. The average molecular weight is 501 g/mol. The van der Waals surface area contributed by atoms with E-state index in [1.54, 1.807) is 6.20 Å². The molecule has 0 spiro atoms. The molecule has 8 aromatic rings. The summed E-state index contributed by atoms with van der Waals surface area (Å²) in [7, 11) is 0. The predicted octanol–water partition coefficient (Wildman–Crippen LogP) is 8.47. The zero-order chi connectivity index (χ0) is 25.8. The van der Waals surface area contributed by atoms with Crippen LogP contribution in [0.4, 0.5) is 0 Å². The van der Waals surface area contributed by atoms with Crippen molar-refractivity contribution in [3.63, 3.8) is 0 Å². The van der Waals surface area contributed by atoms with Crippen molar-refractivity contribution in [3.8, 4) is 34.2 Å². The van der Waals surface area contributed by atoms with E-state index in [9.17, 15) is 0 Å². The minimum absolute atomic E-state index is 0.603. The first-order valence-electron chi connectivity index (χ1n) is 12.8. The van der Waals surface area contributed by atoms with Gasteiger partial charge in [-0.1, -0.05) is 84.9 Å². The number of hydrogen-bond acceptors (Lipinski definition) is 5. The maximum absolute atomic E-state index is 6.39. The third-order valence-corrected chi connectivity index (χ3v) is 7.20. The molecule has 3 aromatic heterocycles. The molecule has 5 nitrogen and oxygen atoms in total. The topological polar surface area (TPSA) is 64.7 Å². The molecule has 0 radical (unpaired) electrons. The third-order valence-electron chi connectivity index (χ3n) is 7.20. The van der Waals surface area contributed by atoms with Crippen LogP contribution in [0.25, 0.3) is 77.6 Å². The molecule has 0 saturated heterocycles. The number of hydrogen-bond donors (Lipinski definition) is 0.